The highest BCUT2D eigenvalue weighted by molar-refractivity contribution is 5.73. The first-order valence-corrected chi connectivity index (χ1v) is 6.55. The fraction of sp³-hybridized carbons (Fsp3) is 0.500. The van der Waals surface area contributed by atoms with Crippen molar-refractivity contribution in [1.29, 1.82) is 0 Å². The molecule has 1 rings (SSSR count). The van der Waals surface area contributed by atoms with E-state index in [4.69, 9.17) is 20.1 Å². The highest BCUT2D eigenvalue weighted by atomic mass is 16.5. The normalized spacial score (nSPS) is 13.7. The van der Waals surface area contributed by atoms with Gasteiger partial charge in [0, 0.05) is 12.7 Å². The molecule has 1 aromatic rings. The van der Waals surface area contributed by atoms with Gasteiger partial charge in [-0.1, -0.05) is 6.07 Å². The number of hydrogen-bond donors (Lipinski definition) is 5. The van der Waals surface area contributed by atoms with Crippen LogP contribution in [0.3, 0.4) is 0 Å². The zero-order valence-corrected chi connectivity index (χ0v) is 11.5. The van der Waals surface area contributed by atoms with Crippen LogP contribution in [0, 0.1) is 5.92 Å². The Morgan fingerprint density at radius 2 is 1.95 bits per heavy atom. The molecule has 0 aliphatic heterocycles. The molecule has 0 bridgehead atoms. The fourth-order valence-electron chi connectivity index (χ4n) is 1.80. The summed E-state index contributed by atoms with van der Waals surface area (Å²) in [6, 6.07) is 4.02. The molecule has 0 aromatic heterocycles. The molecular weight excluding hydrogens is 280 g/mol. The fourth-order valence-corrected chi connectivity index (χ4v) is 1.80. The number of ether oxygens (including phenoxy) is 1. The molecule has 0 heterocycles. The average Bonchev–Trinajstić information content (AvgIpc) is 2.46. The number of esters is 1. The maximum atomic E-state index is 11.9. The van der Waals surface area contributed by atoms with Crippen molar-refractivity contribution in [1.82, 2.24) is 0 Å². The largest absolute Gasteiger partial charge is 0.508 e. The van der Waals surface area contributed by atoms with E-state index in [0.29, 0.717) is 5.56 Å². The molecule has 0 aliphatic rings. The van der Waals surface area contributed by atoms with Gasteiger partial charge in [0.05, 0.1) is 12.5 Å². The Bertz CT molecular complexity index is 461. The Hall–Kier alpha value is -1.83. The van der Waals surface area contributed by atoms with E-state index in [2.05, 4.69) is 0 Å². The smallest absolute Gasteiger partial charge is 0.309 e. The van der Waals surface area contributed by atoms with Gasteiger partial charge in [0.2, 0.25) is 0 Å². The third-order valence-corrected chi connectivity index (χ3v) is 2.97. The van der Waals surface area contributed by atoms with Crippen molar-refractivity contribution in [3.05, 3.63) is 23.8 Å². The van der Waals surface area contributed by atoms with Crippen LogP contribution >= 0.6 is 0 Å². The van der Waals surface area contributed by atoms with Crippen LogP contribution in [-0.4, -0.2) is 57.4 Å². The highest BCUT2D eigenvalue weighted by Gasteiger charge is 2.22. The maximum Gasteiger partial charge on any atom is 0.309 e. The number of phenols is 2. The van der Waals surface area contributed by atoms with Crippen LogP contribution < -0.4 is 0 Å². The molecule has 1 aromatic carbocycles. The number of hydrogen-bond acceptors (Lipinski definition) is 7. The molecule has 5 N–H and O–H groups in total. The molecule has 0 amide bonds. The molecule has 2 atom stereocenters. The second-order valence-electron chi connectivity index (χ2n) is 4.69. The van der Waals surface area contributed by atoms with E-state index in [9.17, 15) is 15.0 Å². The van der Waals surface area contributed by atoms with E-state index in [0.717, 1.165) is 6.07 Å². The van der Waals surface area contributed by atoms with Gasteiger partial charge < -0.3 is 30.3 Å². The third kappa shape index (κ3) is 5.58. The van der Waals surface area contributed by atoms with Gasteiger partial charge in [-0.2, -0.15) is 0 Å². The van der Waals surface area contributed by atoms with E-state index in [1.165, 1.54) is 12.1 Å². The average molecular weight is 300 g/mol. The van der Waals surface area contributed by atoms with Crippen molar-refractivity contribution in [2.75, 3.05) is 19.8 Å². The number of rotatable bonds is 8. The van der Waals surface area contributed by atoms with Crippen LogP contribution in [0.25, 0.3) is 0 Å². The number of benzene rings is 1. The second-order valence-corrected chi connectivity index (χ2v) is 4.69. The SMILES string of the molecule is O=C(OCC(O)CO)C(CCO)Cc1ccc(O)cc1O. The van der Waals surface area contributed by atoms with Gasteiger partial charge >= 0.3 is 5.97 Å². The van der Waals surface area contributed by atoms with Gasteiger partial charge in [0.15, 0.2) is 0 Å². The number of aliphatic hydroxyl groups excluding tert-OH is 3. The molecule has 0 saturated carbocycles. The Labute approximate surface area is 122 Å². The minimum Gasteiger partial charge on any atom is -0.508 e. The minimum atomic E-state index is -1.15. The summed E-state index contributed by atoms with van der Waals surface area (Å²) in [5.41, 5.74) is 0.436. The Morgan fingerprint density at radius 1 is 1.24 bits per heavy atom. The van der Waals surface area contributed by atoms with Crippen molar-refractivity contribution < 1.29 is 35.1 Å². The molecule has 0 spiro atoms. The van der Waals surface area contributed by atoms with E-state index in [-0.39, 0.29) is 37.6 Å². The van der Waals surface area contributed by atoms with Crippen molar-refractivity contribution in [3.8, 4) is 11.5 Å². The summed E-state index contributed by atoms with van der Waals surface area (Å²) in [7, 11) is 0. The summed E-state index contributed by atoms with van der Waals surface area (Å²) in [4.78, 5) is 11.9. The first-order chi connectivity index (χ1) is 9.97. The molecule has 7 heteroatoms. The summed E-state index contributed by atoms with van der Waals surface area (Å²) in [5.74, 6) is -1.58. The predicted octanol–water partition coefficient (Wildman–Crippen LogP) is -0.465. The molecule has 0 aliphatic carbocycles. The molecule has 21 heavy (non-hydrogen) atoms. The van der Waals surface area contributed by atoms with E-state index in [1.807, 2.05) is 0 Å². The number of phenolic OH excluding ortho intramolecular Hbond substituents is 2. The lowest BCUT2D eigenvalue weighted by atomic mass is 9.96. The van der Waals surface area contributed by atoms with Gasteiger partial charge in [-0.05, 0) is 24.5 Å². The zero-order chi connectivity index (χ0) is 15.8. The summed E-state index contributed by atoms with van der Waals surface area (Å²) in [6.07, 6.45) is -0.888. The third-order valence-electron chi connectivity index (χ3n) is 2.97. The number of carbonyl (C=O) groups excluding carboxylic acids is 1. The van der Waals surface area contributed by atoms with Crippen molar-refractivity contribution in [2.24, 2.45) is 5.92 Å². The topological polar surface area (TPSA) is 127 Å². The minimum absolute atomic E-state index is 0.0939. The highest BCUT2D eigenvalue weighted by Crippen LogP contribution is 2.26. The van der Waals surface area contributed by atoms with Crippen LogP contribution in [0.15, 0.2) is 18.2 Å². The van der Waals surface area contributed by atoms with Crippen LogP contribution in [0.5, 0.6) is 11.5 Å². The van der Waals surface area contributed by atoms with Crippen LogP contribution in [0.1, 0.15) is 12.0 Å². The van der Waals surface area contributed by atoms with Gasteiger partial charge in [-0.3, -0.25) is 4.79 Å². The van der Waals surface area contributed by atoms with E-state index >= 15 is 0 Å². The monoisotopic (exact) mass is 300 g/mol. The number of carbonyl (C=O) groups is 1. The maximum absolute atomic E-state index is 11.9. The molecule has 0 radical (unpaired) electrons. The quantitative estimate of drug-likeness (QED) is 0.411. The van der Waals surface area contributed by atoms with Crippen LogP contribution in [-0.2, 0) is 16.0 Å². The van der Waals surface area contributed by atoms with Gasteiger partial charge in [-0.25, -0.2) is 0 Å². The molecule has 118 valence electrons. The Morgan fingerprint density at radius 3 is 2.52 bits per heavy atom. The number of aliphatic hydroxyl groups is 3. The summed E-state index contributed by atoms with van der Waals surface area (Å²) in [6.45, 7) is -1.09. The lowest BCUT2D eigenvalue weighted by molar-refractivity contribution is -0.152. The van der Waals surface area contributed by atoms with Gasteiger partial charge in [-0.15, -0.1) is 0 Å². The number of aromatic hydroxyl groups is 2. The molecular formula is C14H20O7. The van der Waals surface area contributed by atoms with Gasteiger partial charge in [0.1, 0.15) is 24.2 Å². The predicted molar refractivity (Wildman–Crippen MR) is 72.7 cm³/mol. The van der Waals surface area contributed by atoms with Crippen LogP contribution in [0.4, 0.5) is 0 Å². The lowest BCUT2D eigenvalue weighted by Gasteiger charge is -2.17. The van der Waals surface area contributed by atoms with E-state index in [1.54, 1.807) is 0 Å². The van der Waals surface area contributed by atoms with E-state index < -0.39 is 24.6 Å². The molecule has 0 saturated heterocycles. The zero-order valence-electron chi connectivity index (χ0n) is 11.5. The Kier molecular flexibility index (Phi) is 6.93. The first kappa shape index (κ1) is 17.2. The summed E-state index contributed by atoms with van der Waals surface area (Å²) < 4.78 is 4.85. The standard InChI is InChI=1S/C14H20O7/c15-4-3-10(14(20)21-8-12(18)7-16)5-9-1-2-11(17)6-13(9)19/h1-2,6,10,12,15-19H,3-5,7-8H2. The van der Waals surface area contributed by atoms with Crippen LogP contribution in [0.2, 0.25) is 0 Å². The molecule has 7 nitrogen and oxygen atoms in total. The molecule has 0 fully saturated rings. The lowest BCUT2D eigenvalue weighted by Crippen LogP contribution is -2.27. The molecule has 2 unspecified atom stereocenters. The second kappa shape index (κ2) is 8.46. The van der Waals surface area contributed by atoms with Crippen molar-refractivity contribution in [3.63, 3.8) is 0 Å². The Balaban J connectivity index is 2.70. The first-order valence-electron chi connectivity index (χ1n) is 6.55. The van der Waals surface area contributed by atoms with Crippen molar-refractivity contribution in [2.45, 2.75) is 18.9 Å². The summed E-state index contributed by atoms with van der Waals surface area (Å²) in [5, 5.41) is 45.7. The van der Waals surface area contributed by atoms with Gasteiger partial charge in [0.25, 0.3) is 0 Å². The van der Waals surface area contributed by atoms with Crippen molar-refractivity contribution >= 4 is 5.97 Å². The summed E-state index contributed by atoms with van der Waals surface area (Å²) >= 11 is 0.